The van der Waals surface area contributed by atoms with Gasteiger partial charge in [-0.1, -0.05) is 18.2 Å². The summed E-state index contributed by atoms with van der Waals surface area (Å²) < 4.78 is 24.7. The minimum atomic E-state index is -3.44. The molecule has 104 valence electrons. The predicted octanol–water partition coefficient (Wildman–Crippen LogP) is 1.84. The first-order valence-corrected chi connectivity index (χ1v) is 8.09. The Bertz CT molecular complexity index is 572. The number of anilines is 1. The van der Waals surface area contributed by atoms with Crippen molar-refractivity contribution < 1.29 is 13.2 Å². The van der Waals surface area contributed by atoms with Gasteiger partial charge >= 0.3 is 0 Å². The molecular formula is C12H15BrN2O3S. The zero-order valence-corrected chi connectivity index (χ0v) is 12.9. The quantitative estimate of drug-likeness (QED) is 0.799. The van der Waals surface area contributed by atoms with Crippen LogP contribution in [0.3, 0.4) is 0 Å². The standard InChI is InChI=1S/C12H15BrN2O3S/c1-3-8-15(19(2,17)18)9-12(16)14-11-7-5-4-6-10(11)13/h3-7H,1,8-9H2,2H3,(H,14,16). The number of hydrogen-bond acceptors (Lipinski definition) is 3. The lowest BCUT2D eigenvalue weighted by Gasteiger charge is -2.17. The van der Waals surface area contributed by atoms with E-state index >= 15 is 0 Å². The van der Waals surface area contributed by atoms with E-state index in [1.54, 1.807) is 18.2 Å². The van der Waals surface area contributed by atoms with Gasteiger partial charge in [0.2, 0.25) is 15.9 Å². The second kappa shape index (κ2) is 6.83. The highest BCUT2D eigenvalue weighted by Crippen LogP contribution is 2.21. The van der Waals surface area contributed by atoms with E-state index in [1.807, 2.05) is 6.07 Å². The van der Waals surface area contributed by atoms with Crippen molar-refractivity contribution in [2.24, 2.45) is 0 Å². The Morgan fingerprint density at radius 1 is 1.47 bits per heavy atom. The number of hydrogen-bond donors (Lipinski definition) is 1. The van der Waals surface area contributed by atoms with Gasteiger partial charge in [-0.3, -0.25) is 4.79 Å². The maximum absolute atomic E-state index is 11.8. The number of carbonyl (C=O) groups is 1. The maximum atomic E-state index is 11.8. The Kier molecular flexibility index (Phi) is 5.71. The number of sulfonamides is 1. The van der Waals surface area contributed by atoms with Gasteiger partial charge in [0.15, 0.2) is 0 Å². The van der Waals surface area contributed by atoms with Crippen LogP contribution in [0.5, 0.6) is 0 Å². The Morgan fingerprint density at radius 3 is 2.63 bits per heavy atom. The van der Waals surface area contributed by atoms with Crippen molar-refractivity contribution >= 4 is 37.5 Å². The predicted molar refractivity (Wildman–Crippen MR) is 79.4 cm³/mol. The SMILES string of the molecule is C=CCN(CC(=O)Nc1ccccc1Br)S(C)(=O)=O. The van der Waals surface area contributed by atoms with Crippen molar-refractivity contribution in [2.45, 2.75) is 0 Å². The highest BCUT2D eigenvalue weighted by atomic mass is 79.9. The summed E-state index contributed by atoms with van der Waals surface area (Å²) in [6.45, 7) is 3.33. The first-order valence-electron chi connectivity index (χ1n) is 5.45. The second-order valence-electron chi connectivity index (χ2n) is 3.87. The number of nitrogens with zero attached hydrogens (tertiary/aromatic N) is 1. The molecule has 0 saturated carbocycles. The number of benzene rings is 1. The largest absolute Gasteiger partial charge is 0.324 e. The van der Waals surface area contributed by atoms with E-state index in [0.29, 0.717) is 5.69 Å². The van der Waals surface area contributed by atoms with Crippen LogP contribution in [-0.4, -0.2) is 38.0 Å². The van der Waals surface area contributed by atoms with Crippen molar-refractivity contribution in [3.05, 3.63) is 41.4 Å². The minimum absolute atomic E-state index is 0.0994. The third-order valence-electron chi connectivity index (χ3n) is 2.27. The van der Waals surface area contributed by atoms with Crippen LogP contribution in [0.2, 0.25) is 0 Å². The molecule has 0 aromatic heterocycles. The Labute approximate surface area is 121 Å². The number of nitrogens with one attached hydrogen (secondary N) is 1. The third-order valence-corrected chi connectivity index (χ3v) is 4.18. The summed E-state index contributed by atoms with van der Waals surface area (Å²) >= 11 is 3.30. The van der Waals surface area contributed by atoms with E-state index < -0.39 is 15.9 Å². The number of carbonyl (C=O) groups excluding carboxylic acids is 1. The van der Waals surface area contributed by atoms with Gasteiger partial charge in [-0.25, -0.2) is 8.42 Å². The van der Waals surface area contributed by atoms with Crippen LogP contribution in [0.4, 0.5) is 5.69 Å². The summed E-state index contributed by atoms with van der Waals surface area (Å²) in [5.41, 5.74) is 0.597. The van der Waals surface area contributed by atoms with E-state index in [2.05, 4.69) is 27.8 Å². The normalized spacial score (nSPS) is 11.3. The fourth-order valence-corrected chi connectivity index (χ4v) is 2.49. The van der Waals surface area contributed by atoms with E-state index in [9.17, 15) is 13.2 Å². The summed E-state index contributed by atoms with van der Waals surface area (Å²) in [6.07, 6.45) is 2.50. The molecule has 0 fully saturated rings. The molecule has 0 aliphatic carbocycles. The van der Waals surface area contributed by atoms with Crippen LogP contribution in [0.15, 0.2) is 41.4 Å². The van der Waals surface area contributed by atoms with E-state index in [0.717, 1.165) is 15.0 Å². The van der Waals surface area contributed by atoms with Crippen LogP contribution in [0.1, 0.15) is 0 Å². The number of halogens is 1. The molecule has 1 N–H and O–H groups in total. The highest BCUT2D eigenvalue weighted by molar-refractivity contribution is 9.10. The van der Waals surface area contributed by atoms with Gasteiger partial charge < -0.3 is 5.32 Å². The Hall–Kier alpha value is -1.18. The van der Waals surface area contributed by atoms with Crippen molar-refractivity contribution in [3.63, 3.8) is 0 Å². The molecule has 1 amide bonds. The minimum Gasteiger partial charge on any atom is -0.324 e. The van der Waals surface area contributed by atoms with Crippen LogP contribution >= 0.6 is 15.9 Å². The molecule has 5 nitrogen and oxygen atoms in total. The molecule has 0 atom stereocenters. The first-order chi connectivity index (χ1) is 8.84. The molecule has 0 heterocycles. The molecule has 1 aromatic carbocycles. The van der Waals surface area contributed by atoms with Gasteiger partial charge in [-0.15, -0.1) is 6.58 Å². The van der Waals surface area contributed by atoms with Crippen molar-refractivity contribution in [3.8, 4) is 0 Å². The molecule has 7 heteroatoms. The molecule has 19 heavy (non-hydrogen) atoms. The highest BCUT2D eigenvalue weighted by Gasteiger charge is 2.18. The lowest BCUT2D eigenvalue weighted by atomic mass is 10.3. The van der Waals surface area contributed by atoms with Gasteiger partial charge in [-0.2, -0.15) is 4.31 Å². The average Bonchev–Trinajstić information content (AvgIpc) is 2.30. The molecule has 1 aromatic rings. The molecule has 0 aliphatic rings. The van der Waals surface area contributed by atoms with Gasteiger partial charge in [-0.05, 0) is 28.1 Å². The lowest BCUT2D eigenvalue weighted by molar-refractivity contribution is -0.116. The molecule has 0 unspecified atom stereocenters. The van der Waals surface area contributed by atoms with Gasteiger partial charge in [0.1, 0.15) is 0 Å². The molecular weight excluding hydrogens is 332 g/mol. The van der Waals surface area contributed by atoms with Gasteiger partial charge in [0, 0.05) is 11.0 Å². The number of para-hydroxylation sites is 1. The molecule has 0 bridgehead atoms. The van der Waals surface area contributed by atoms with Crippen LogP contribution in [0, 0.1) is 0 Å². The zero-order chi connectivity index (χ0) is 14.5. The molecule has 0 aliphatic heterocycles. The molecule has 0 saturated heterocycles. The van der Waals surface area contributed by atoms with Crippen LogP contribution < -0.4 is 5.32 Å². The van der Waals surface area contributed by atoms with Crippen molar-refractivity contribution in [2.75, 3.05) is 24.7 Å². The second-order valence-corrected chi connectivity index (χ2v) is 6.71. The summed E-state index contributed by atoms with van der Waals surface area (Å²) in [7, 11) is -3.44. The van der Waals surface area contributed by atoms with Gasteiger partial charge in [0.25, 0.3) is 0 Å². The lowest BCUT2D eigenvalue weighted by Crippen LogP contribution is -2.37. The van der Waals surface area contributed by atoms with E-state index in [-0.39, 0.29) is 13.1 Å². The summed E-state index contributed by atoms with van der Waals surface area (Å²) in [5, 5.41) is 2.64. The molecule has 0 radical (unpaired) electrons. The topological polar surface area (TPSA) is 66.5 Å². The molecule has 1 rings (SSSR count). The van der Waals surface area contributed by atoms with Crippen LogP contribution in [0.25, 0.3) is 0 Å². The molecule has 0 spiro atoms. The van der Waals surface area contributed by atoms with E-state index in [1.165, 1.54) is 6.08 Å². The Morgan fingerprint density at radius 2 is 2.11 bits per heavy atom. The summed E-state index contributed by atoms with van der Waals surface area (Å²) in [6, 6.07) is 7.10. The monoisotopic (exact) mass is 346 g/mol. The number of amides is 1. The Balaban J connectivity index is 2.74. The van der Waals surface area contributed by atoms with Crippen molar-refractivity contribution in [1.29, 1.82) is 0 Å². The smallest absolute Gasteiger partial charge is 0.239 e. The summed E-state index contributed by atoms with van der Waals surface area (Å²) in [5.74, 6) is -0.404. The zero-order valence-electron chi connectivity index (χ0n) is 10.5. The van der Waals surface area contributed by atoms with E-state index in [4.69, 9.17) is 0 Å². The fraction of sp³-hybridized carbons (Fsp3) is 0.250. The fourth-order valence-electron chi connectivity index (χ4n) is 1.37. The van der Waals surface area contributed by atoms with Crippen molar-refractivity contribution in [1.82, 2.24) is 4.31 Å². The maximum Gasteiger partial charge on any atom is 0.239 e. The summed E-state index contributed by atoms with van der Waals surface area (Å²) in [4.78, 5) is 11.8. The average molecular weight is 347 g/mol. The number of rotatable bonds is 6. The first kappa shape index (κ1) is 15.9. The third kappa shape index (κ3) is 5.14. The van der Waals surface area contributed by atoms with Gasteiger partial charge in [0.05, 0.1) is 18.5 Å². The van der Waals surface area contributed by atoms with Crippen LogP contribution in [-0.2, 0) is 14.8 Å².